The van der Waals surface area contributed by atoms with E-state index in [9.17, 15) is 4.39 Å². The molecule has 0 spiro atoms. The molecule has 3 heterocycles. The fourth-order valence-electron chi connectivity index (χ4n) is 4.50. The molecule has 0 saturated carbocycles. The topological polar surface area (TPSA) is 90.5 Å². The van der Waals surface area contributed by atoms with E-state index in [1.807, 2.05) is 0 Å². The number of hydrogen-bond donors (Lipinski definition) is 3. The van der Waals surface area contributed by atoms with Crippen molar-refractivity contribution in [1.29, 1.82) is 0 Å². The van der Waals surface area contributed by atoms with Crippen LogP contribution in [-0.2, 0) is 0 Å². The van der Waals surface area contributed by atoms with Crippen molar-refractivity contribution in [3.63, 3.8) is 0 Å². The van der Waals surface area contributed by atoms with Crippen molar-refractivity contribution in [3.05, 3.63) is 24.0 Å². The number of nitrogens with one attached hydrogen (secondary N) is 3. The third-order valence-corrected chi connectivity index (χ3v) is 6.16. The highest BCUT2D eigenvalue weighted by Gasteiger charge is 2.28. The largest absolute Gasteiger partial charge is 0.494 e. The molecule has 2 aromatic rings. The van der Waals surface area contributed by atoms with E-state index in [0.29, 0.717) is 29.6 Å². The average molecular weight is 445 g/mol. The number of likely N-dealkylation sites (N-methyl/N-ethyl adjacent to an activating group) is 1. The van der Waals surface area contributed by atoms with E-state index in [1.165, 1.54) is 19.6 Å². The van der Waals surface area contributed by atoms with Gasteiger partial charge in [-0.1, -0.05) is 6.92 Å². The summed E-state index contributed by atoms with van der Waals surface area (Å²) in [5, 5.41) is 8.68. The van der Waals surface area contributed by atoms with E-state index in [4.69, 9.17) is 4.74 Å². The number of likely N-dealkylation sites (tertiary alicyclic amines) is 1. The Morgan fingerprint density at radius 2 is 1.84 bits per heavy atom. The van der Waals surface area contributed by atoms with Crippen LogP contribution in [0.1, 0.15) is 39.5 Å². The number of rotatable bonds is 9. The zero-order valence-corrected chi connectivity index (χ0v) is 19.1. The highest BCUT2D eigenvalue weighted by Crippen LogP contribution is 2.25. The molecule has 174 valence electrons. The first kappa shape index (κ1) is 22.5. The number of nitrogens with zero attached hydrogens (tertiary/aromatic N) is 5. The van der Waals surface area contributed by atoms with Crippen molar-refractivity contribution in [2.75, 3.05) is 49.3 Å². The summed E-state index contributed by atoms with van der Waals surface area (Å²) in [4.78, 5) is 16.2. The van der Waals surface area contributed by atoms with Crippen LogP contribution in [0.15, 0.2) is 18.2 Å². The number of ether oxygens (including phenoxy) is 1. The van der Waals surface area contributed by atoms with E-state index in [2.05, 4.69) is 54.8 Å². The first-order valence-corrected chi connectivity index (χ1v) is 11.4. The van der Waals surface area contributed by atoms with Crippen LogP contribution in [0.3, 0.4) is 0 Å². The zero-order chi connectivity index (χ0) is 22.5. The van der Waals surface area contributed by atoms with Crippen molar-refractivity contribution < 1.29 is 9.13 Å². The van der Waals surface area contributed by atoms with Gasteiger partial charge in [-0.3, -0.25) is 10.3 Å². The Labute approximate surface area is 188 Å². The minimum Gasteiger partial charge on any atom is -0.494 e. The summed E-state index contributed by atoms with van der Waals surface area (Å²) in [5.74, 6) is 1.05. The molecule has 32 heavy (non-hydrogen) atoms. The normalized spacial score (nSPS) is 20.3. The number of benzene rings is 1. The first-order chi connectivity index (χ1) is 15.6. The van der Waals surface area contributed by atoms with Crippen LogP contribution in [0.4, 0.5) is 27.9 Å². The highest BCUT2D eigenvalue weighted by atomic mass is 19.1. The molecule has 1 aromatic heterocycles. The molecule has 0 radical (unpaired) electrons. The Hall–Kier alpha value is -2.72. The number of halogens is 1. The lowest BCUT2D eigenvalue weighted by Gasteiger charge is -2.29. The van der Waals surface area contributed by atoms with Gasteiger partial charge in [0.1, 0.15) is 0 Å². The molecule has 2 fully saturated rings. The van der Waals surface area contributed by atoms with Gasteiger partial charge >= 0.3 is 0 Å². The van der Waals surface area contributed by atoms with Gasteiger partial charge in [-0.2, -0.15) is 15.0 Å². The fourth-order valence-corrected chi connectivity index (χ4v) is 4.50. The van der Waals surface area contributed by atoms with E-state index in [1.54, 1.807) is 12.1 Å². The second kappa shape index (κ2) is 10.3. The van der Waals surface area contributed by atoms with E-state index in [0.717, 1.165) is 45.4 Å². The Morgan fingerprint density at radius 3 is 2.56 bits per heavy atom. The van der Waals surface area contributed by atoms with Crippen LogP contribution < -0.4 is 20.8 Å². The van der Waals surface area contributed by atoms with Crippen LogP contribution in [0.2, 0.25) is 0 Å². The third-order valence-electron chi connectivity index (χ3n) is 6.16. The molecule has 0 bridgehead atoms. The van der Waals surface area contributed by atoms with Gasteiger partial charge in [-0.25, -0.2) is 9.40 Å². The minimum atomic E-state index is -0.449. The van der Waals surface area contributed by atoms with Gasteiger partial charge in [-0.05, 0) is 57.8 Å². The maximum absolute atomic E-state index is 14.1. The molecule has 2 saturated heterocycles. The van der Waals surface area contributed by atoms with Crippen molar-refractivity contribution in [1.82, 2.24) is 24.9 Å². The Morgan fingerprint density at radius 1 is 1.09 bits per heavy atom. The smallest absolute Gasteiger partial charge is 0.244 e. The summed E-state index contributed by atoms with van der Waals surface area (Å²) in [6, 6.07) is 5.30. The summed E-state index contributed by atoms with van der Waals surface area (Å²) in [6.45, 7) is 8.42. The summed E-state index contributed by atoms with van der Waals surface area (Å²) < 4.78 is 19.1. The maximum Gasteiger partial charge on any atom is 0.244 e. The van der Waals surface area contributed by atoms with Crippen LogP contribution in [0, 0.1) is 5.82 Å². The summed E-state index contributed by atoms with van der Waals surface area (Å²) in [6.07, 6.45) is 4.65. The molecule has 2 aliphatic heterocycles. The van der Waals surface area contributed by atoms with Gasteiger partial charge in [-0.15, -0.1) is 0 Å². The van der Waals surface area contributed by atoms with Gasteiger partial charge in [0.25, 0.3) is 0 Å². The standard InChI is InChI=1S/C22H33FN8O/c1-4-30-11-7-8-18(30)15(2)24-20-26-21(25-16-9-10-19(32-3)17(23)14-16)28-22(27-20)29-31-12-5-6-13-31/h9-10,14-15,18H,4-8,11-13H2,1-3H3,(H3,24,25,26,27,28,29). The zero-order valence-electron chi connectivity index (χ0n) is 19.1. The summed E-state index contributed by atoms with van der Waals surface area (Å²) in [5.41, 5.74) is 3.82. The Kier molecular flexibility index (Phi) is 7.21. The SMILES string of the molecule is CCN1CCCC1C(C)Nc1nc(Nc2ccc(OC)c(F)c2)nc(NN2CCCC2)n1. The van der Waals surface area contributed by atoms with Gasteiger partial charge in [0.05, 0.1) is 7.11 Å². The predicted molar refractivity (Wildman–Crippen MR) is 124 cm³/mol. The quantitative estimate of drug-likeness (QED) is 0.538. The molecular formula is C22H33FN8O. The molecule has 2 aliphatic rings. The fraction of sp³-hybridized carbons (Fsp3) is 0.591. The number of aromatic nitrogens is 3. The van der Waals surface area contributed by atoms with Crippen molar-refractivity contribution >= 4 is 23.5 Å². The molecule has 10 heteroatoms. The van der Waals surface area contributed by atoms with Crippen molar-refractivity contribution in [2.45, 2.75) is 51.6 Å². The molecule has 4 rings (SSSR count). The minimum absolute atomic E-state index is 0.186. The van der Waals surface area contributed by atoms with E-state index in [-0.39, 0.29) is 11.8 Å². The van der Waals surface area contributed by atoms with E-state index >= 15 is 0 Å². The van der Waals surface area contributed by atoms with Gasteiger partial charge < -0.3 is 15.4 Å². The highest BCUT2D eigenvalue weighted by molar-refractivity contribution is 5.57. The molecule has 9 nitrogen and oxygen atoms in total. The maximum atomic E-state index is 14.1. The van der Waals surface area contributed by atoms with Crippen molar-refractivity contribution in [2.24, 2.45) is 0 Å². The van der Waals surface area contributed by atoms with E-state index < -0.39 is 5.82 Å². The molecule has 2 unspecified atom stereocenters. The number of anilines is 4. The van der Waals surface area contributed by atoms with Crippen LogP contribution >= 0.6 is 0 Å². The summed E-state index contributed by atoms with van der Waals surface area (Å²) >= 11 is 0. The lowest BCUT2D eigenvalue weighted by Crippen LogP contribution is -2.41. The second-order valence-corrected chi connectivity index (χ2v) is 8.36. The monoisotopic (exact) mass is 444 g/mol. The number of methoxy groups -OCH3 is 1. The van der Waals surface area contributed by atoms with Crippen LogP contribution in [0.25, 0.3) is 0 Å². The van der Waals surface area contributed by atoms with Gasteiger partial charge in [0, 0.05) is 36.9 Å². The summed E-state index contributed by atoms with van der Waals surface area (Å²) in [7, 11) is 1.44. The molecule has 2 atom stereocenters. The third kappa shape index (κ3) is 5.36. The molecule has 3 N–H and O–H groups in total. The van der Waals surface area contributed by atoms with Crippen molar-refractivity contribution in [3.8, 4) is 5.75 Å². The first-order valence-electron chi connectivity index (χ1n) is 11.4. The predicted octanol–water partition coefficient (Wildman–Crippen LogP) is 3.47. The lowest BCUT2D eigenvalue weighted by atomic mass is 10.1. The molecule has 0 aliphatic carbocycles. The number of hydrogen-bond acceptors (Lipinski definition) is 9. The van der Waals surface area contributed by atoms with Crippen LogP contribution in [0.5, 0.6) is 5.75 Å². The van der Waals surface area contributed by atoms with Gasteiger partial charge in [0.15, 0.2) is 11.6 Å². The van der Waals surface area contributed by atoms with Crippen LogP contribution in [-0.4, -0.2) is 70.2 Å². The Bertz CT molecular complexity index is 907. The molecule has 1 aromatic carbocycles. The number of hydrazine groups is 1. The van der Waals surface area contributed by atoms with Gasteiger partial charge in [0.2, 0.25) is 17.8 Å². The lowest BCUT2D eigenvalue weighted by molar-refractivity contribution is 0.249. The molecule has 0 amide bonds. The second-order valence-electron chi connectivity index (χ2n) is 8.36. The average Bonchev–Trinajstić information content (AvgIpc) is 3.45. The molecular weight excluding hydrogens is 411 g/mol. The Balaban J connectivity index is 1.55.